The van der Waals surface area contributed by atoms with E-state index in [0.29, 0.717) is 12.5 Å². The van der Waals surface area contributed by atoms with Crippen molar-refractivity contribution in [1.29, 1.82) is 0 Å². The van der Waals surface area contributed by atoms with Gasteiger partial charge in [0.05, 0.1) is 6.61 Å². The van der Waals surface area contributed by atoms with Crippen molar-refractivity contribution in [3.63, 3.8) is 0 Å². The average molecular weight is 250 g/mol. The van der Waals surface area contributed by atoms with Crippen molar-refractivity contribution in [2.24, 2.45) is 11.7 Å². The molecule has 0 aliphatic rings. The molecule has 0 bridgehead atoms. The number of nitrogens with two attached hydrogens (primary N) is 1. The van der Waals surface area contributed by atoms with Crippen molar-refractivity contribution in [2.45, 2.75) is 32.9 Å². The molecule has 0 saturated carbocycles. The summed E-state index contributed by atoms with van der Waals surface area (Å²) in [5.74, 6) is 0.695. The first kappa shape index (κ1) is 15.2. The van der Waals surface area contributed by atoms with Crippen LogP contribution in [0.25, 0.3) is 0 Å². The van der Waals surface area contributed by atoms with Crippen LogP contribution in [0.3, 0.4) is 0 Å². The van der Waals surface area contributed by atoms with Crippen LogP contribution < -0.4 is 5.73 Å². The summed E-state index contributed by atoms with van der Waals surface area (Å²) in [5.41, 5.74) is 8.39. The minimum atomic E-state index is -0.157. The van der Waals surface area contributed by atoms with Gasteiger partial charge in [0, 0.05) is 19.1 Å². The molecule has 0 spiro atoms. The van der Waals surface area contributed by atoms with E-state index in [4.69, 9.17) is 10.8 Å². The van der Waals surface area contributed by atoms with E-state index in [2.05, 4.69) is 43.0 Å². The molecule has 0 fully saturated rings. The van der Waals surface area contributed by atoms with E-state index in [1.54, 1.807) is 0 Å². The van der Waals surface area contributed by atoms with Gasteiger partial charge in [0.1, 0.15) is 0 Å². The zero-order chi connectivity index (χ0) is 13.5. The van der Waals surface area contributed by atoms with Crippen molar-refractivity contribution in [2.75, 3.05) is 20.2 Å². The Morgan fingerprint density at radius 3 is 2.22 bits per heavy atom. The highest BCUT2D eigenvalue weighted by molar-refractivity contribution is 5.22. The van der Waals surface area contributed by atoms with Gasteiger partial charge in [0.2, 0.25) is 0 Å². The molecule has 1 rings (SSSR count). The third-order valence-corrected chi connectivity index (χ3v) is 2.90. The number of nitrogens with zero attached hydrogens (tertiary/aromatic N) is 1. The van der Waals surface area contributed by atoms with Crippen LogP contribution in [-0.4, -0.2) is 36.2 Å². The Kier molecular flexibility index (Phi) is 6.33. The molecule has 0 heterocycles. The maximum Gasteiger partial charge on any atom is 0.0595 e. The lowest BCUT2D eigenvalue weighted by Gasteiger charge is -2.20. The Morgan fingerprint density at radius 2 is 1.72 bits per heavy atom. The van der Waals surface area contributed by atoms with Gasteiger partial charge in [-0.1, -0.05) is 38.1 Å². The second-order valence-electron chi connectivity index (χ2n) is 5.55. The van der Waals surface area contributed by atoms with E-state index in [9.17, 15) is 0 Å². The van der Waals surface area contributed by atoms with Gasteiger partial charge in [-0.15, -0.1) is 0 Å². The molecule has 102 valence electrons. The molecule has 1 aromatic carbocycles. The van der Waals surface area contributed by atoms with Crippen LogP contribution in [0.4, 0.5) is 0 Å². The van der Waals surface area contributed by atoms with Crippen molar-refractivity contribution in [3.05, 3.63) is 35.4 Å². The molecule has 3 nitrogen and oxygen atoms in total. The summed E-state index contributed by atoms with van der Waals surface area (Å²) in [6.45, 7) is 6.09. The van der Waals surface area contributed by atoms with Crippen LogP contribution in [0.2, 0.25) is 0 Å². The van der Waals surface area contributed by atoms with Crippen LogP contribution in [0.5, 0.6) is 0 Å². The fourth-order valence-electron chi connectivity index (χ4n) is 2.09. The van der Waals surface area contributed by atoms with Gasteiger partial charge >= 0.3 is 0 Å². The van der Waals surface area contributed by atoms with Crippen molar-refractivity contribution in [1.82, 2.24) is 4.90 Å². The standard InChI is InChI=1S/C15H26N2O/c1-12(2)8-13-4-6-14(7-5-13)9-17(3)10-15(16)11-18/h4-7,12,15,18H,8-11,16H2,1-3H3. The SMILES string of the molecule is CC(C)Cc1ccc(CN(C)CC(N)CO)cc1. The largest absolute Gasteiger partial charge is 0.395 e. The van der Waals surface area contributed by atoms with Gasteiger partial charge in [-0.25, -0.2) is 0 Å². The summed E-state index contributed by atoms with van der Waals surface area (Å²) >= 11 is 0. The molecule has 0 amide bonds. The van der Waals surface area contributed by atoms with Crippen molar-refractivity contribution < 1.29 is 5.11 Å². The number of aliphatic hydroxyl groups excluding tert-OH is 1. The van der Waals surface area contributed by atoms with E-state index in [1.165, 1.54) is 11.1 Å². The van der Waals surface area contributed by atoms with E-state index >= 15 is 0 Å². The van der Waals surface area contributed by atoms with E-state index < -0.39 is 0 Å². The molecule has 18 heavy (non-hydrogen) atoms. The van der Waals surface area contributed by atoms with Crippen molar-refractivity contribution >= 4 is 0 Å². The molecule has 0 aliphatic heterocycles. The van der Waals surface area contributed by atoms with E-state index in [1.807, 2.05) is 7.05 Å². The van der Waals surface area contributed by atoms with Crippen LogP contribution in [0, 0.1) is 5.92 Å². The monoisotopic (exact) mass is 250 g/mol. The van der Waals surface area contributed by atoms with Gasteiger partial charge in [-0.3, -0.25) is 0 Å². The molecule has 0 radical (unpaired) electrons. The smallest absolute Gasteiger partial charge is 0.0595 e. The second kappa shape index (κ2) is 7.52. The fourth-order valence-corrected chi connectivity index (χ4v) is 2.09. The van der Waals surface area contributed by atoms with Crippen LogP contribution in [-0.2, 0) is 13.0 Å². The molecule has 1 unspecified atom stereocenters. The van der Waals surface area contributed by atoms with Gasteiger partial charge in [0.25, 0.3) is 0 Å². The lowest BCUT2D eigenvalue weighted by atomic mass is 10.0. The highest BCUT2D eigenvalue weighted by Gasteiger charge is 2.06. The minimum Gasteiger partial charge on any atom is -0.395 e. The Hall–Kier alpha value is -0.900. The molecule has 0 saturated heterocycles. The number of benzene rings is 1. The number of hydrogen-bond acceptors (Lipinski definition) is 3. The van der Waals surface area contributed by atoms with Crippen molar-refractivity contribution in [3.8, 4) is 0 Å². The number of rotatable bonds is 7. The summed E-state index contributed by atoms with van der Waals surface area (Å²) in [6.07, 6.45) is 1.13. The Balaban J connectivity index is 2.47. The average Bonchev–Trinajstić information content (AvgIpc) is 2.30. The Morgan fingerprint density at radius 1 is 1.17 bits per heavy atom. The topological polar surface area (TPSA) is 49.5 Å². The normalized spacial score (nSPS) is 13.3. The first-order chi connectivity index (χ1) is 8.51. The van der Waals surface area contributed by atoms with Gasteiger partial charge < -0.3 is 15.7 Å². The summed E-state index contributed by atoms with van der Waals surface area (Å²) in [5, 5.41) is 8.92. The van der Waals surface area contributed by atoms with Gasteiger partial charge in [-0.2, -0.15) is 0 Å². The highest BCUT2D eigenvalue weighted by Crippen LogP contribution is 2.11. The lowest BCUT2D eigenvalue weighted by Crippen LogP contribution is -2.37. The van der Waals surface area contributed by atoms with Gasteiger partial charge in [0.15, 0.2) is 0 Å². The molecular weight excluding hydrogens is 224 g/mol. The lowest BCUT2D eigenvalue weighted by molar-refractivity contribution is 0.218. The number of likely N-dealkylation sites (N-methyl/N-ethyl adjacent to an activating group) is 1. The Labute approximate surface area is 111 Å². The molecule has 0 aliphatic carbocycles. The third kappa shape index (κ3) is 5.63. The first-order valence-corrected chi connectivity index (χ1v) is 6.64. The zero-order valence-electron chi connectivity index (χ0n) is 11.8. The van der Waals surface area contributed by atoms with Crippen LogP contribution in [0.1, 0.15) is 25.0 Å². The van der Waals surface area contributed by atoms with Gasteiger partial charge in [-0.05, 0) is 30.5 Å². The maximum absolute atomic E-state index is 8.92. The molecule has 3 N–H and O–H groups in total. The maximum atomic E-state index is 8.92. The summed E-state index contributed by atoms with van der Waals surface area (Å²) in [7, 11) is 2.03. The molecule has 1 atom stereocenters. The van der Waals surface area contributed by atoms with E-state index in [-0.39, 0.29) is 12.6 Å². The minimum absolute atomic E-state index is 0.0394. The summed E-state index contributed by atoms with van der Waals surface area (Å²) < 4.78 is 0. The predicted molar refractivity (Wildman–Crippen MR) is 76.4 cm³/mol. The Bertz CT molecular complexity index is 335. The number of aliphatic hydroxyl groups is 1. The highest BCUT2D eigenvalue weighted by atomic mass is 16.3. The molecule has 3 heteroatoms. The van der Waals surface area contributed by atoms with Crippen LogP contribution in [0.15, 0.2) is 24.3 Å². The number of hydrogen-bond donors (Lipinski definition) is 2. The third-order valence-electron chi connectivity index (χ3n) is 2.90. The van der Waals surface area contributed by atoms with Crippen LogP contribution >= 0.6 is 0 Å². The molecule has 1 aromatic rings. The zero-order valence-corrected chi connectivity index (χ0v) is 11.8. The fraction of sp³-hybridized carbons (Fsp3) is 0.600. The predicted octanol–water partition coefficient (Wildman–Crippen LogP) is 1.64. The second-order valence-corrected chi connectivity index (χ2v) is 5.55. The summed E-state index contributed by atoms with van der Waals surface area (Å²) in [4.78, 5) is 2.14. The quantitative estimate of drug-likeness (QED) is 0.773. The first-order valence-electron chi connectivity index (χ1n) is 6.64. The van der Waals surface area contributed by atoms with E-state index in [0.717, 1.165) is 13.0 Å². The molecule has 0 aromatic heterocycles. The summed E-state index contributed by atoms with van der Waals surface area (Å²) in [6, 6.07) is 8.61. The molecular formula is C15H26N2O.